The van der Waals surface area contributed by atoms with Gasteiger partial charge < -0.3 is 11.5 Å². The fraction of sp³-hybridized carbons (Fsp3) is 0.667. The molecule has 0 saturated carbocycles. The summed E-state index contributed by atoms with van der Waals surface area (Å²) >= 11 is 0. The molecule has 1 fully saturated rings. The lowest BCUT2D eigenvalue weighted by Gasteiger charge is -2.11. The van der Waals surface area contributed by atoms with Gasteiger partial charge in [-0.25, -0.2) is 0 Å². The van der Waals surface area contributed by atoms with Crippen molar-refractivity contribution in [2.75, 3.05) is 13.1 Å². The normalized spacial score (nSPS) is 24.9. The highest BCUT2D eigenvalue weighted by atomic mass is 16.2. The van der Waals surface area contributed by atoms with Crippen molar-refractivity contribution in [3.05, 3.63) is 0 Å². The van der Waals surface area contributed by atoms with Gasteiger partial charge in [0.1, 0.15) is 0 Å². The third-order valence-corrected chi connectivity index (χ3v) is 1.63. The smallest absolute Gasteiger partial charge is 0.246 e. The summed E-state index contributed by atoms with van der Waals surface area (Å²) in [5, 5.41) is 0. The molecule has 0 aromatic rings. The molecule has 5 heteroatoms. The summed E-state index contributed by atoms with van der Waals surface area (Å²) in [6, 6.07) is -0.644. The Hall–Kier alpha value is -0.940. The van der Waals surface area contributed by atoms with E-state index in [4.69, 9.17) is 11.5 Å². The molecule has 1 saturated heterocycles. The van der Waals surface area contributed by atoms with E-state index in [0.29, 0.717) is 6.54 Å². The molecule has 1 rings (SSSR count). The van der Waals surface area contributed by atoms with E-state index in [0.717, 1.165) is 4.90 Å². The number of imide groups is 1. The van der Waals surface area contributed by atoms with Gasteiger partial charge in [-0.15, -0.1) is 0 Å². The van der Waals surface area contributed by atoms with Crippen molar-refractivity contribution in [1.29, 1.82) is 0 Å². The summed E-state index contributed by atoms with van der Waals surface area (Å²) in [6.45, 7) is 0.579. The van der Waals surface area contributed by atoms with Crippen LogP contribution in [0, 0.1) is 0 Å². The van der Waals surface area contributed by atoms with Crippen LogP contribution in [0.3, 0.4) is 0 Å². The zero-order valence-electron chi connectivity index (χ0n) is 6.12. The molecular formula is C6H11N3O2. The van der Waals surface area contributed by atoms with Gasteiger partial charge in [-0.05, 0) is 0 Å². The van der Waals surface area contributed by atoms with Crippen LogP contribution in [0.1, 0.15) is 6.42 Å². The van der Waals surface area contributed by atoms with E-state index in [9.17, 15) is 9.59 Å². The van der Waals surface area contributed by atoms with Crippen LogP contribution in [0.25, 0.3) is 0 Å². The second kappa shape index (κ2) is 2.98. The van der Waals surface area contributed by atoms with Crippen LogP contribution in [-0.4, -0.2) is 35.8 Å². The second-order valence-corrected chi connectivity index (χ2v) is 2.48. The van der Waals surface area contributed by atoms with Crippen molar-refractivity contribution in [3.63, 3.8) is 0 Å². The molecule has 2 amide bonds. The van der Waals surface area contributed by atoms with Gasteiger partial charge in [-0.1, -0.05) is 0 Å². The second-order valence-electron chi connectivity index (χ2n) is 2.48. The lowest BCUT2D eigenvalue weighted by Crippen LogP contribution is -2.38. The standard InChI is InChI=1S/C6H11N3O2/c7-1-2-9-5(10)3-4(8)6(9)11/h4H,1-3,7-8H2. The lowest BCUT2D eigenvalue weighted by molar-refractivity contribution is -0.138. The van der Waals surface area contributed by atoms with E-state index < -0.39 is 6.04 Å². The highest BCUT2D eigenvalue weighted by Gasteiger charge is 2.35. The van der Waals surface area contributed by atoms with Crippen molar-refractivity contribution in [2.45, 2.75) is 12.5 Å². The maximum atomic E-state index is 11.0. The Bertz CT molecular complexity index is 192. The van der Waals surface area contributed by atoms with E-state index in [2.05, 4.69) is 0 Å². The highest BCUT2D eigenvalue weighted by Crippen LogP contribution is 2.09. The molecule has 1 heterocycles. The molecule has 1 atom stereocenters. The van der Waals surface area contributed by atoms with Crippen molar-refractivity contribution in [1.82, 2.24) is 4.90 Å². The van der Waals surface area contributed by atoms with E-state index in [1.807, 2.05) is 0 Å². The third-order valence-electron chi connectivity index (χ3n) is 1.63. The van der Waals surface area contributed by atoms with Gasteiger partial charge in [0.05, 0.1) is 12.5 Å². The molecule has 0 spiro atoms. The Morgan fingerprint density at radius 3 is 2.55 bits per heavy atom. The molecule has 62 valence electrons. The molecule has 0 aromatic carbocycles. The first kappa shape index (κ1) is 8.16. The van der Waals surface area contributed by atoms with Crippen LogP contribution in [0.4, 0.5) is 0 Å². The Labute approximate surface area is 64.3 Å². The van der Waals surface area contributed by atoms with Gasteiger partial charge in [0, 0.05) is 13.1 Å². The van der Waals surface area contributed by atoms with E-state index in [1.165, 1.54) is 0 Å². The van der Waals surface area contributed by atoms with Gasteiger partial charge in [0.25, 0.3) is 0 Å². The average molecular weight is 157 g/mol. The topological polar surface area (TPSA) is 89.4 Å². The molecular weight excluding hydrogens is 146 g/mol. The van der Waals surface area contributed by atoms with Gasteiger partial charge in [-0.3, -0.25) is 14.5 Å². The summed E-state index contributed by atoms with van der Waals surface area (Å²) < 4.78 is 0. The summed E-state index contributed by atoms with van der Waals surface area (Å²) in [5.74, 6) is -0.520. The summed E-state index contributed by atoms with van der Waals surface area (Å²) in [6.07, 6.45) is 0.124. The monoisotopic (exact) mass is 157 g/mol. The van der Waals surface area contributed by atoms with Crippen LogP contribution in [0.5, 0.6) is 0 Å². The molecule has 1 unspecified atom stereocenters. The number of likely N-dealkylation sites (tertiary alicyclic amines) is 1. The molecule has 1 aliphatic heterocycles. The largest absolute Gasteiger partial charge is 0.329 e. The predicted octanol–water partition coefficient (Wildman–Crippen LogP) is -1.97. The quantitative estimate of drug-likeness (QED) is 0.455. The Balaban J connectivity index is 2.64. The average Bonchev–Trinajstić information content (AvgIpc) is 2.17. The first-order chi connectivity index (χ1) is 5.16. The first-order valence-corrected chi connectivity index (χ1v) is 3.46. The molecule has 0 bridgehead atoms. The van der Waals surface area contributed by atoms with Crippen molar-refractivity contribution >= 4 is 11.8 Å². The Morgan fingerprint density at radius 1 is 1.55 bits per heavy atom. The molecule has 11 heavy (non-hydrogen) atoms. The van der Waals surface area contributed by atoms with Crippen LogP contribution in [0.2, 0.25) is 0 Å². The Kier molecular flexibility index (Phi) is 2.21. The summed E-state index contributed by atoms with van der Waals surface area (Å²) in [4.78, 5) is 23.1. The number of carbonyl (C=O) groups is 2. The SMILES string of the molecule is NCCN1C(=O)CC(N)C1=O. The number of amides is 2. The van der Waals surface area contributed by atoms with Gasteiger partial charge in [0.15, 0.2) is 0 Å². The zero-order valence-corrected chi connectivity index (χ0v) is 6.12. The predicted molar refractivity (Wildman–Crippen MR) is 38.4 cm³/mol. The summed E-state index contributed by atoms with van der Waals surface area (Å²) in [7, 11) is 0. The number of hydrogen-bond acceptors (Lipinski definition) is 4. The Morgan fingerprint density at radius 2 is 2.18 bits per heavy atom. The van der Waals surface area contributed by atoms with Crippen molar-refractivity contribution in [2.24, 2.45) is 11.5 Å². The minimum atomic E-state index is -0.644. The minimum absolute atomic E-state index is 0.124. The van der Waals surface area contributed by atoms with Crippen molar-refractivity contribution in [3.8, 4) is 0 Å². The van der Waals surface area contributed by atoms with E-state index in [-0.39, 0.29) is 24.8 Å². The van der Waals surface area contributed by atoms with Gasteiger partial charge >= 0.3 is 0 Å². The molecule has 0 aliphatic carbocycles. The maximum Gasteiger partial charge on any atom is 0.246 e. The molecule has 1 aliphatic rings. The molecule has 4 N–H and O–H groups in total. The minimum Gasteiger partial charge on any atom is -0.329 e. The van der Waals surface area contributed by atoms with Crippen molar-refractivity contribution < 1.29 is 9.59 Å². The fourth-order valence-electron chi connectivity index (χ4n) is 1.07. The molecule has 0 radical (unpaired) electrons. The van der Waals surface area contributed by atoms with Crippen LogP contribution < -0.4 is 11.5 Å². The number of nitrogens with zero attached hydrogens (tertiary/aromatic N) is 1. The van der Waals surface area contributed by atoms with E-state index >= 15 is 0 Å². The van der Waals surface area contributed by atoms with Crippen LogP contribution in [-0.2, 0) is 9.59 Å². The third kappa shape index (κ3) is 1.38. The molecule has 5 nitrogen and oxygen atoms in total. The highest BCUT2D eigenvalue weighted by molar-refractivity contribution is 6.05. The number of nitrogens with two attached hydrogens (primary N) is 2. The lowest BCUT2D eigenvalue weighted by atomic mass is 10.3. The molecule has 0 aromatic heterocycles. The van der Waals surface area contributed by atoms with Crippen LogP contribution >= 0.6 is 0 Å². The number of carbonyl (C=O) groups excluding carboxylic acids is 2. The maximum absolute atomic E-state index is 11.0. The van der Waals surface area contributed by atoms with Gasteiger partial charge in [-0.2, -0.15) is 0 Å². The number of rotatable bonds is 2. The first-order valence-electron chi connectivity index (χ1n) is 3.46. The zero-order chi connectivity index (χ0) is 8.43. The number of hydrogen-bond donors (Lipinski definition) is 2. The fourth-order valence-corrected chi connectivity index (χ4v) is 1.07. The van der Waals surface area contributed by atoms with E-state index in [1.54, 1.807) is 0 Å². The van der Waals surface area contributed by atoms with Gasteiger partial charge in [0.2, 0.25) is 11.8 Å². The summed E-state index contributed by atoms with van der Waals surface area (Å²) in [5.41, 5.74) is 10.5. The van der Waals surface area contributed by atoms with Crippen LogP contribution in [0.15, 0.2) is 0 Å².